The van der Waals surface area contributed by atoms with E-state index < -0.39 is 0 Å². The molecule has 0 unspecified atom stereocenters. The highest BCUT2D eigenvalue weighted by atomic mass is 16.3. The summed E-state index contributed by atoms with van der Waals surface area (Å²) >= 11 is 0. The van der Waals surface area contributed by atoms with Gasteiger partial charge < -0.3 is 10.0 Å². The molecule has 1 heterocycles. The summed E-state index contributed by atoms with van der Waals surface area (Å²) in [6, 6.07) is 17.3. The summed E-state index contributed by atoms with van der Waals surface area (Å²) in [6.07, 6.45) is 0.895. The molecule has 0 saturated carbocycles. The van der Waals surface area contributed by atoms with Crippen molar-refractivity contribution in [3.8, 4) is 0 Å². The fraction of sp³-hybridized carbons (Fsp3) is 0.350. The molecule has 2 aromatic rings. The minimum Gasteiger partial charge on any atom is -0.394 e. The summed E-state index contributed by atoms with van der Waals surface area (Å²) < 4.78 is 0. The summed E-state index contributed by atoms with van der Waals surface area (Å²) in [6.45, 7) is 4.26. The SMILES string of the molecule is CC(C)C[C@@H]1c2ccccc2C(=O)N1[C@@H](CO)c1ccccc1. The van der Waals surface area contributed by atoms with Gasteiger partial charge in [-0.25, -0.2) is 0 Å². The lowest BCUT2D eigenvalue weighted by Gasteiger charge is -2.33. The van der Waals surface area contributed by atoms with Crippen LogP contribution in [-0.4, -0.2) is 22.5 Å². The van der Waals surface area contributed by atoms with Gasteiger partial charge in [0.1, 0.15) is 0 Å². The molecule has 1 aliphatic heterocycles. The number of benzene rings is 2. The fourth-order valence-corrected chi connectivity index (χ4v) is 3.49. The van der Waals surface area contributed by atoms with Crippen molar-refractivity contribution < 1.29 is 9.90 Å². The van der Waals surface area contributed by atoms with E-state index >= 15 is 0 Å². The van der Waals surface area contributed by atoms with Crippen LogP contribution in [0.1, 0.15) is 53.8 Å². The van der Waals surface area contributed by atoms with Gasteiger partial charge in [-0.2, -0.15) is 0 Å². The normalized spacial score (nSPS) is 18.3. The molecule has 0 spiro atoms. The molecule has 0 saturated heterocycles. The summed E-state index contributed by atoms with van der Waals surface area (Å²) in [5, 5.41) is 9.99. The zero-order chi connectivity index (χ0) is 16.4. The molecule has 2 aromatic carbocycles. The Hall–Kier alpha value is -2.13. The quantitative estimate of drug-likeness (QED) is 0.908. The van der Waals surface area contributed by atoms with E-state index in [2.05, 4.69) is 13.8 Å². The Morgan fingerprint density at radius 3 is 2.35 bits per heavy atom. The first kappa shape index (κ1) is 15.8. The van der Waals surface area contributed by atoms with Gasteiger partial charge in [0.05, 0.1) is 18.7 Å². The van der Waals surface area contributed by atoms with Crippen molar-refractivity contribution in [2.24, 2.45) is 5.92 Å². The molecule has 2 atom stereocenters. The lowest BCUT2D eigenvalue weighted by molar-refractivity contribution is 0.0487. The van der Waals surface area contributed by atoms with Crippen LogP contribution in [0.3, 0.4) is 0 Å². The summed E-state index contributed by atoms with van der Waals surface area (Å²) in [5.74, 6) is 0.491. The second-order valence-corrected chi connectivity index (χ2v) is 6.55. The lowest BCUT2D eigenvalue weighted by atomic mass is 9.95. The third-order valence-electron chi connectivity index (χ3n) is 4.51. The number of nitrogens with zero attached hydrogens (tertiary/aromatic N) is 1. The third-order valence-corrected chi connectivity index (χ3v) is 4.51. The number of carbonyl (C=O) groups is 1. The van der Waals surface area contributed by atoms with Gasteiger partial charge in [-0.05, 0) is 29.5 Å². The molecule has 0 fully saturated rings. The lowest BCUT2D eigenvalue weighted by Crippen LogP contribution is -2.35. The van der Waals surface area contributed by atoms with E-state index in [1.807, 2.05) is 59.5 Å². The molecule has 0 aliphatic carbocycles. The first-order chi connectivity index (χ1) is 11.1. The van der Waals surface area contributed by atoms with Crippen LogP contribution in [0.4, 0.5) is 0 Å². The van der Waals surface area contributed by atoms with Crippen molar-refractivity contribution >= 4 is 5.91 Å². The van der Waals surface area contributed by atoms with E-state index in [0.29, 0.717) is 5.92 Å². The second kappa shape index (κ2) is 6.55. The van der Waals surface area contributed by atoms with Gasteiger partial charge in [0.25, 0.3) is 5.91 Å². The number of fused-ring (bicyclic) bond motifs is 1. The number of rotatable bonds is 5. The summed E-state index contributed by atoms with van der Waals surface area (Å²) in [7, 11) is 0. The number of carbonyl (C=O) groups excluding carboxylic acids is 1. The standard InChI is InChI=1S/C20H23NO2/c1-14(2)12-18-16-10-6-7-11-17(16)20(23)21(18)19(13-22)15-8-4-3-5-9-15/h3-11,14,18-19,22H,12-13H2,1-2H3/t18-,19+/m1/s1. The summed E-state index contributed by atoms with van der Waals surface area (Å²) in [5.41, 5.74) is 2.83. The minimum absolute atomic E-state index is 0.0224. The first-order valence-electron chi connectivity index (χ1n) is 8.21. The van der Waals surface area contributed by atoms with Crippen molar-refractivity contribution in [2.45, 2.75) is 32.4 Å². The van der Waals surface area contributed by atoms with Gasteiger partial charge in [-0.15, -0.1) is 0 Å². The van der Waals surface area contributed by atoms with E-state index in [1.54, 1.807) is 0 Å². The predicted octanol–water partition coefficient (Wildman–Crippen LogP) is 3.96. The minimum atomic E-state index is -0.306. The predicted molar refractivity (Wildman–Crippen MR) is 91.1 cm³/mol. The van der Waals surface area contributed by atoms with Gasteiger partial charge in [-0.1, -0.05) is 62.4 Å². The van der Waals surface area contributed by atoms with Crippen molar-refractivity contribution in [1.29, 1.82) is 0 Å². The van der Waals surface area contributed by atoms with E-state index in [1.165, 1.54) is 0 Å². The Morgan fingerprint density at radius 2 is 1.70 bits per heavy atom. The highest BCUT2D eigenvalue weighted by Crippen LogP contribution is 2.42. The number of aliphatic hydroxyl groups is 1. The number of aliphatic hydroxyl groups excluding tert-OH is 1. The summed E-state index contributed by atoms with van der Waals surface area (Å²) in [4.78, 5) is 14.9. The molecular formula is C20H23NO2. The highest BCUT2D eigenvalue weighted by Gasteiger charge is 2.40. The van der Waals surface area contributed by atoms with Crippen LogP contribution in [-0.2, 0) is 0 Å². The van der Waals surface area contributed by atoms with Gasteiger partial charge in [0, 0.05) is 5.56 Å². The van der Waals surface area contributed by atoms with Crippen molar-refractivity contribution in [2.75, 3.05) is 6.61 Å². The number of hydrogen-bond donors (Lipinski definition) is 1. The third kappa shape index (κ3) is 2.89. The number of amides is 1. The topological polar surface area (TPSA) is 40.5 Å². The van der Waals surface area contributed by atoms with Crippen LogP contribution < -0.4 is 0 Å². The molecule has 120 valence electrons. The van der Waals surface area contributed by atoms with Crippen molar-refractivity contribution in [1.82, 2.24) is 4.90 Å². The molecule has 3 rings (SSSR count). The maximum atomic E-state index is 13.0. The number of hydrogen-bond acceptors (Lipinski definition) is 2. The van der Waals surface area contributed by atoms with Crippen LogP contribution in [0.15, 0.2) is 54.6 Å². The first-order valence-corrected chi connectivity index (χ1v) is 8.21. The van der Waals surface area contributed by atoms with Gasteiger partial charge in [0.2, 0.25) is 0 Å². The van der Waals surface area contributed by atoms with Gasteiger partial charge in [-0.3, -0.25) is 4.79 Å². The molecule has 0 aromatic heterocycles. The molecular weight excluding hydrogens is 286 g/mol. The second-order valence-electron chi connectivity index (χ2n) is 6.55. The smallest absolute Gasteiger partial charge is 0.255 e. The zero-order valence-corrected chi connectivity index (χ0v) is 13.6. The van der Waals surface area contributed by atoms with Gasteiger partial charge in [0.15, 0.2) is 0 Å². The van der Waals surface area contributed by atoms with Gasteiger partial charge >= 0.3 is 0 Å². The Balaban J connectivity index is 2.04. The Bertz CT molecular complexity index is 681. The maximum absolute atomic E-state index is 13.0. The van der Waals surface area contributed by atoms with Crippen molar-refractivity contribution in [3.05, 3.63) is 71.3 Å². The van der Waals surface area contributed by atoms with E-state index in [-0.39, 0.29) is 24.6 Å². The Kier molecular flexibility index (Phi) is 4.49. The average molecular weight is 309 g/mol. The highest BCUT2D eigenvalue weighted by molar-refractivity contribution is 5.99. The zero-order valence-electron chi connectivity index (χ0n) is 13.6. The Labute approximate surface area is 137 Å². The molecule has 0 bridgehead atoms. The van der Waals surface area contributed by atoms with E-state index in [4.69, 9.17) is 0 Å². The van der Waals surface area contributed by atoms with E-state index in [9.17, 15) is 9.90 Å². The molecule has 23 heavy (non-hydrogen) atoms. The van der Waals surface area contributed by atoms with Crippen LogP contribution in [0.25, 0.3) is 0 Å². The Morgan fingerprint density at radius 1 is 1.04 bits per heavy atom. The van der Waals surface area contributed by atoms with Crippen LogP contribution in [0, 0.1) is 5.92 Å². The van der Waals surface area contributed by atoms with Crippen LogP contribution in [0.5, 0.6) is 0 Å². The van der Waals surface area contributed by atoms with Crippen LogP contribution in [0.2, 0.25) is 0 Å². The molecule has 1 aliphatic rings. The van der Waals surface area contributed by atoms with Crippen molar-refractivity contribution in [3.63, 3.8) is 0 Å². The molecule has 1 N–H and O–H groups in total. The fourth-order valence-electron chi connectivity index (χ4n) is 3.49. The largest absolute Gasteiger partial charge is 0.394 e. The molecule has 1 amide bonds. The average Bonchev–Trinajstić information content (AvgIpc) is 2.83. The maximum Gasteiger partial charge on any atom is 0.255 e. The monoisotopic (exact) mass is 309 g/mol. The molecule has 3 nitrogen and oxygen atoms in total. The van der Waals surface area contributed by atoms with E-state index in [0.717, 1.165) is 23.1 Å². The molecule has 3 heteroatoms. The molecule has 0 radical (unpaired) electrons. The van der Waals surface area contributed by atoms with Crippen LogP contribution >= 0.6 is 0 Å².